The van der Waals surface area contributed by atoms with E-state index in [0.717, 1.165) is 16.9 Å². The molecule has 2 aromatic carbocycles. The lowest BCUT2D eigenvalue weighted by Crippen LogP contribution is -2.87. The van der Waals surface area contributed by atoms with Gasteiger partial charge in [0.2, 0.25) is 0 Å². The minimum atomic E-state index is -0.716. The van der Waals surface area contributed by atoms with E-state index in [0.29, 0.717) is 12.1 Å². The molecule has 0 bridgehead atoms. The molecule has 7 heteroatoms. The van der Waals surface area contributed by atoms with Crippen molar-refractivity contribution >= 4 is 18.2 Å². The van der Waals surface area contributed by atoms with Gasteiger partial charge in [0.25, 0.3) is 0 Å². The van der Waals surface area contributed by atoms with E-state index in [4.69, 9.17) is 14.9 Å². The molecule has 0 spiro atoms. The van der Waals surface area contributed by atoms with Crippen LogP contribution in [0.4, 0.5) is 4.79 Å². The number of primary amides is 1. The highest BCUT2D eigenvalue weighted by atomic mass is 16.5. The van der Waals surface area contributed by atoms with E-state index in [1.54, 1.807) is 14.0 Å². The molecule has 0 aliphatic heterocycles. The normalized spacial score (nSPS) is 11.2. The highest BCUT2D eigenvalue weighted by molar-refractivity contribution is 5.95. The van der Waals surface area contributed by atoms with E-state index in [2.05, 4.69) is 5.32 Å². The maximum absolute atomic E-state index is 12.6. The lowest BCUT2D eigenvalue weighted by molar-refractivity contribution is -0.581. The van der Waals surface area contributed by atoms with Crippen molar-refractivity contribution in [1.29, 1.82) is 0 Å². The highest BCUT2D eigenvalue weighted by Gasteiger charge is 2.21. The van der Waals surface area contributed by atoms with Crippen LogP contribution in [0.1, 0.15) is 18.1 Å². The number of quaternary nitrogens is 1. The van der Waals surface area contributed by atoms with E-state index in [9.17, 15) is 9.59 Å². The molecule has 28 heavy (non-hydrogen) atoms. The number of nitrogens with one attached hydrogen (secondary N) is 1. The molecule has 0 aliphatic rings. The largest absolute Gasteiger partial charge is 0.497 e. The van der Waals surface area contributed by atoms with Gasteiger partial charge in [-0.05, 0) is 36.8 Å². The first kappa shape index (κ1) is 20.9. The SMILES string of the molecule is COc1ccc(C[NH2+]C(=O)/C(NC(=O)OCc2ccccc2)=C(/C)C=[NH2+])cc1. The number of hydrogen-bond donors (Lipinski definition) is 3. The molecule has 7 nitrogen and oxygen atoms in total. The predicted octanol–water partition coefficient (Wildman–Crippen LogP) is 0.316. The summed E-state index contributed by atoms with van der Waals surface area (Å²) in [5.74, 6) is 0.402. The third-order valence-corrected chi connectivity index (χ3v) is 4.01. The number of amides is 2. The second-order valence-corrected chi connectivity index (χ2v) is 6.03. The molecule has 0 atom stereocenters. The standard InChI is InChI=1S/C21H23N3O4/c1-15(12-22)19(24-21(26)28-14-17-6-4-3-5-7-17)20(25)23-13-16-8-10-18(27-2)11-9-16/h3-12,22H,13-14H2,1-2H3,(H,23,25)(H,24,26)/p+2/b19-15+,22-12?. The van der Waals surface area contributed by atoms with E-state index < -0.39 is 6.09 Å². The van der Waals surface area contributed by atoms with Gasteiger partial charge in [-0.1, -0.05) is 30.3 Å². The molecule has 0 fully saturated rings. The maximum atomic E-state index is 12.6. The van der Waals surface area contributed by atoms with Gasteiger partial charge in [0.15, 0.2) is 11.9 Å². The first-order valence-corrected chi connectivity index (χ1v) is 8.77. The third-order valence-electron chi connectivity index (χ3n) is 4.01. The zero-order valence-electron chi connectivity index (χ0n) is 16.0. The van der Waals surface area contributed by atoms with E-state index >= 15 is 0 Å². The maximum Gasteiger partial charge on any atom is 0.412 e. The molecular weight excluding hydrogens is 358 g/mol. The first-order valence-electron chi connectivity index (χ1n) is 8.77. The molecule has 2 aromatic rings. The molecule has 0 heterocycles. The average Bonchev–Trinajstić information content (AvgIpc) is 2.74. The predicted molar refractivity (Wildman–Crippen MR) is 104 cm³/mol. The second-order valence-electron chi connectivity index (χ2n) is 6.03. The second kappa shape index (κ2) is 10.6. The van der Waals surface area contributed by atoms with Gasteiger partial charge in [0.1, 0.15) is 18.9 Å². The van der Waals surface area contributed by atoms with E-state index in [1.165, 1.54) is 11.5 Å². The summed E-state index contributed by atoms with van der Waals surface area (Å²) < 4.78 is 10.3. The summed E-state index contributed by atoms with van der Waals surface area (Å²) in [5.41, 5.74) is 2.33. The summed E-state index contributed by atoms with van der Waals surface area (Å²) in [5, 5.41) is 9.52. The van der Waals surface area contributed by atoms with Crippen LogP contribution in [0.2, 0.25) is 0 Å². The number of benzene rings is 2. The number of allylic oxidation sites excluding steroid dienone is 1. The molecule has 146 valence electrons. The van der Waals surface area contributed by atoms with Crippen LogP contribution in [-0.4, -0.2) is 25.3 Å². The Labute approximate surface area is 163 Å². The van der Waals surface area contributed by atoms with Crippen LogP contribution in [0, 0.1) is 0 Å². The molecule has 0 aliphatic carbocycles. The van der Waals surface area contributed by atoms with Gasteiger partial charge in [-0.3, -0.25) is 16.0 Å². The minimum Gasteiger partial charge on any atom is -0.497 e. The topological polar surface area (TPSA) is 107 Å². The van der Waals surface area contributed by atoms with Crippen LogP contribution < -0.4 is 20.8 Å². The van der Waals surface area contributed by atoms with Crippen molar-refractivity contribution in [2.75, 3.05) is 7.11 Å². The van der Waals surface area contributed by atoms with Gasteiger partial charge >= 0.3 is 12.0 Å². The van der Waals surface area contributed by atoms with Crippen LogP contribution in [0.15, 0.2) is 65.9 Å². The molecule has 0 saturated carbocycles. The Bertz CT molecular complexity index is 846. The lowest BCUT2D eigenvalue weighted by Gasteiger charge is -2.10. The lowest BCUT2D eigenvalue weighted by atomic mass is 10.2. The zero-order chi connectivity index (χ0) is 20.4. The number of alkyl carbamates (subject to hydrolysis) is 1. The van der Waals surface area contributed by atoms with Crippen LogP contribution in [0.3, 0.4) is 0 Å². The van der Waals surface area contributed by atoms with Crippen molar-refractivity contribution in [3.05, 3.63) is 77.0 Å². The summed E-state index contributed by atoms with van der Waals surface area (Å²) in [7, 11) is 1.59. The van der Waals surface area contributed by atoms with Crippen molar-refractivity contribution in [3.8, 4) is 5.75 Å². The van der Waals surface area contributed by atoms with Gasteiger partial charge in [-0.25, -0.2) is 9.59 Å². The molecule has 0 radical (unpaired) electrons. The molecular formula is C21H25N3O4+2. The Hall–Kier alpha value is -3.45. The molecule has 0 aromatic heterocycles. The van der Waals surface area contributed by atoms with Crippen molar-refractivity contribution in [2.45, 2.75) is 20.1 Å². The van der Waals surface area contributed by atoms with E-state index in [1.807, 2.05) is 54.6 Å². The number of ether oxygens (including phenoxy) is 2. The Kier molecular flexibility index (Phi) is 7.92. The first-order chi connectivity index (χ1) is 13.5. The van der Waals surface area contributed by atoms with Crippen molar-refractivity contribution in [2.24, 2.45) is 0 Å². The summed E-state index contributed by atoms with van der Waals surface area (Å²) in [4.78, 5) is 24.7. The Morgan fingerprint density at radius 1 is 1.07 bits per heavy atom. The number of carbonyl (C=O) groups excluding carboxylic acids is 2. The molecule has 2 amide bonds. The number of nitrogens with two attached hydrogens (primary N) is 2. The Balaban J connectivity index is 1.95. The molecule has 2 rings (SSSR count). The van der Waals surface area contributed by atoms with Gasteiger partial charge in [0, 0.05) is 11.1 Å². The fraction of sp³-hybridized carbons (Fsp3) is 0.190. The monoisotopic (exact) mass is 383 g/mol. The fourth-order valence-electron chi connectivity index (χ4n) is 2.37. The van der Waals surface area contributed by atoms with Gasteiger partial charge < -0.3 is 9.47 Å². The third kappa shape index (κ3) is 6.37. The summed E-state index contributed by atoms with van der Waals surface area (Å²) >= 11 is 0. The quantitative estimate of drug-likeness (QED) is 0.451. The van der Waals surface area contributed by atoms with Crippen LogP contribution in [-0.2, 0) is 22.7 Å². The number of carbonyl (C=O) groups is 2. The minimum absolute atomic E-state index is 0.0917. The number of hydrogen-bond acceptors (Lipinski definition) is 4. The molecule has 0 unspecified atom stereocenters. The average molecular weight is 383 g/mol. The van der Waals surface area contributed by atoms with Crippen LogP contribution in [0.5, 0.6) is 5.75 Å². The smallest absolute Gasteiger partial charge is 0.412 e. The summed E-state index contributed by atoms with van der Waals surface area (Å²) in [6.07, 6.45) is 0.553. The Morgan fingerprint density at radius 3 is 2.36 bits per heavy atom. The van der Waals surface area contributed by atoms with Gasteiger partial charge in [-0.15, -0.1) is 0 Å². The highest BCUT2D eigenvalue weighted by Crippen LogP contribution is 2.10. The summed E-state index contributed by atoms with van der Waals surface area (Å²) in [6, 6.07) is 16.7. The number of methoxy groups -OCH3 is 1. The van der Waals surface area contributed by atoms with Crippen LogP contribution in [0.25, 0.3) is 0 Å². The van der Waals surface area contributed by atoms with Gasteiger partial charge in [-0.2, -0.15) is 0 Å². The number of rotatable bonds is 8. The molecule has 5 N–H and O–H groups in total. The Morgan fingerprint density at radius 2 is 1.75 bits per heavy atom. The molecule has 0 saturated heterocycles. The summed E-state index contributed by atoms with van der Waals surface area (Å²) in [6.45, 7) is 2.16. The van der Waals surface area contributed by atoms with Crippen molar-refractivity contribution < 1.29 is 29.8 Å². The van der Waals surface area contributed by atoms with Crippen LogP contribution >= 0.6 is 0 Å². The van der Waals surface area contributed by atoms with Crippen molar-refractivity contribution in [3.63, 3.8) is 0 Å². The fourth-order valence-corrected chi connectivity index (χ4v) is 2.37. The van der Waals surface area contributed by atoms with Gasteiger partial charge in [0.05, 0.1) is 7.11 Å². The zero-order valence-corrected chi connectivity index (χ0v) is 16.0. The van der Waals surface area contributed by atoms with E-state index in [-0.39, 0.29) is 18.2 Å². The van der Waals surface area contributed by atoms with Crippen molar-refractivity contribution in [1.82, 2.24) is 5.32 Å².